The van der Waals surface area contributed by atoms with E-state index >= 15 is 0 Å². The highest BCUT2D eigenvalue weighted by atomic mass is 35.5. The molecule has 0 aliphatic heterocycles. The minimum Gasteiger partial charge on any atom is -0.481 e. The fourth-order valence-corrected chi connectivity index (χ4v) is 2.91. The van der Waals surface area contributed by atoms with Crippen LogP contribution in [-0.2, 0) is 4.79 Å². The van der Waals surface area contributed by atoms with Gasteiger partial charge in [0.25, 0.3) is 5.91 Å². The lowest BCUT2D eigenvalue weighted by Crippen LogP contribution is -2.38. The molecule has 0 aliphatic carbocycles. The molecule has 0 fully saturated rings. The van der Waals surface area contributed by atoms with Gasteiger partial charge in [0.15, 0.2) is 6.10 Å². The third kappa shape index (κ3) is 4.89. The van der Waals surface area contributed by atoms with Crippen molar-refractivity contribution in [2.24, 2.45) is 0 Å². The third-order valence-corrected chi connectivity index (χ3v) is 4.45. The second kappa shape index (κ2) is 8.73. The molecule has 0 spiro atoms. The zero-order valence-corrected chi connectivity index (χ0v) is 16.0. The van der Waals surface area contributed by atoms with Crippen LogP contribution < -0.4 is 10.1 Å². The Morgan fingerprint density at radius 3 is 2.70 bits per heavy atom. The van der Waals surface area contributed by atoms with Crippen molar-refractivity contribution in [1.82, 2.24) is 15.3 Å². The Balaban J connectivity index is 1.66. The molecule has 0 radical (unpaired) electrons. The zero-order valence-electron chi connectivity index (χ0n) is 15.3. The van der Waals surface area contributed by atoms with Crippen molar-refractivity contribution >= 4 is 17.5 Å². The first-order valence-electron chi connectivity index (χ1n) is 8.89. The van der Waals surface area contributed by atoms with E-state index in [1.807, 2.05) is 37.3 Å². The summed E-state index contributed by atoms with van der Waals surface area (Å²) in [6.07, 6.45) is 1.84. The normalized spacial score (nSPS) is 13.0. The van der Waals surface area contributed by atoms with Crippen molar-refractivity contribution in [3.63, 3.8) is 0 Å². The number of nitrogens with one attached hydrogen (secondary N) is 2. The molecule has 1 amide bonds. The minimum absolute atomic E-state index is 0.209. The summed E-state index contributed by atoms with van der Waals surface area (Å²) in [7, 11) is 0. The maximum atomic E-state index is 12.5. The molecule has 2 aromatic carbocycles. The second-order valence-corrected chi connectivity index (χ2v) is 6.67. The number of aromatic amines is 1. The highest BCUT2D eigenvalue weighted by molar-refractivity contribution is 6.30. The van der Waals surface area contributed by atoms with Gasteiger partial charge in [0, 0.05) is 5.02 Å². The Kier molecular flexibility index (Phi) is 6.14. The van der Waals surface area contributed by atoms with Crippen LogP contribution in [0.4, 0.5) is 0 Å². The molecule has 3 rings (SSSR count). The molecule has 6 heteroatoms. The number of rotatable bonds is 7. The summed E-state index contributed by atoms with van der Waals surface area (Å²) in [6.45, 7) is 3.71. The Morgan fingerprint density at radius 2 is 2.00 bits per heavy atom. The molecule has 5 nitrogen and oxygen atoms in total. The third-order valence-electron chi connectivity index (χ3n) is 4.21. The standard InChI is InChI=1S/C21H22ClN3O2/c1-3-18(20-23-13-19(24-20)15-8-5-4-6-9-15)25-21(26)14(2)27-17-11-7-10-16(22)12-17/h4-14,18H,3H2,1-2H3,(H,23,24)(H,25,26). The molecule has 1 aromatic heterocycles. The van der Waals surface area contributed by atoms with Crippen LogP contribution in [0.1, 0.15) is 32.1 Å². The number of halogens is 1. The molecular weight excluding hydrogens is 362 g/mol. The van der Waals surface area contributed by atoms with E-state index in [4.69, 9.17) is 16.3 Å². The highest BCUT2D eigenvalue weighted by Gasteiger charge is 2.21. The van der Waals surface area contributed by atoms with E-state index in [1.54, 1.807) is 37.4 Å². The molecule has 0 saturated carbocycles. The predicted octanol–water partition coefficient (Wildman–Crippen LogP) is 4.76. The van der Waals surface area contributed by atoms with Gasteiger partial charge in [0.1, 0.15) is 11.6 Å². The number of carbonyl (C=O) groups excluding carboxylic acids is 1. The van der Waals surface area contributed by atoms with E-state index in [0.717, 1.165) is 17.1 Å². The van der Waals surface area contributed by atoms with Gasteiger partial charge in [0.2, 0.25) is 0 Å². The predicted molar refractivity (Wildman–Crippen MR) is 107 cm³/mol. The summed E-state index contributed by atoms with van der Waals surface area (Å²) >= 11 is 5.95. The maximum Gasteiger partial charge on any atom is 0.261 e. The number of aromatic nitrogens is 2. The first kappa shape index (κ1) is 19.0. The fourth-order valence-electron chi connectivity index (χ4n) is 2.73. The molecule has 2 atom stereocenters. The first-order chi connectivity index (χ1) is 13.1. The first-order valence-corrected chi connectivity index (χ1v) is 9.27. The van der Waals surface area contributed by atoms with Crippen LogP contribution >= 0.6 is 11.6 Å². The van der Waals surface area contributed by atoms with Crippen LogP contribution in [0.25, 0.3) is 11.3 Å². The lowest BCUT2D eigenvalue weighted by atomic mass is 10.2. The number of benzene rings is 2. The van der Waals surface area contributed by atoms with Crippen molar-refractivity contribution < 1.29 is 9.53 Å². The van der Waals surface area contributed by atoms with Gasteiger partial charge in [-0.2, -0.15) is 0 Å². The van der Waals surface area contributed by atoms with Gasteiger partial charge in [-0.15, -0.1) is 0 Å². The summed E-state index contributed by atoms with van der Waals surface area (Å²) in [5, 5.41) is 3.56. The van der Waals surface area contributed by atoms with Crippen LogP contribution in [0.3, 0.4) is 0 Å². The number of H-pyrrole nitrogens is 1. The van der Waals surface area contributed by atoms with Crippen molar-refractivity contribution in [2.75, 3.05) is 0 Å². The van der Waals surface area contributed by atoms with Crippen molar-refractivity contribution in [1.29, 1.82) is 0 Å². The lowest BCUT2D eigenvalue weighted by molar-refractivity contribution is -0.128. The van der Waals surface area contributed by atoms with Crippen molar-refractivity contribution in [3.8, 4) is 17.0 Å². The summed E-state index contributed by atoms with van der Waals surface area (Å²) < 4.78 is 5.69. The molecule has 140 valence electrons. The van der Waals surface area contributed by atoms with Gasteiger partial charge in [-0.3, -0.25) is 4.79 Å². The van der Waals surface area contributed by atoms with E-state index < -0.39 is 6.10 Å². The van der Waals surface area contributed by atoms with E-state index in [2.05, 4.69) is 15.3 Å². The largest absolute Gasteiger partial charge is 0.481 e. The topological polar surface area (TPSA) is 67.0 Å². The monoisotopic (exact) mass is 383 g/mol. The van der Waals surface area contributed by atoms with Crippen molar-refractivity contribution in [2.45, 2.75) is 32.4 Å². The van der Waals surface area contributed by atoms with Crippen LogP contribution in [0, 0.1) is 0 Å². The molecular formula is C21H22ClN3O2. The van der Waals surface area contributed by atoms with Gasteiger partial charge in [-0.25, -0.2) is 4.98 Å². The lowest BCUT2D eigenvalue weighted by Gasteiger charge is -2.19. The number of carbonyl (C=O) groups is 1. The Bertz CT molecular complexity index is 895. The summed E-state index contributed by atoms with van der Waals surface area (Å²) in [4.78, 5) is 20.3. The van der Waals surface area contributed by atoms with Gasteiger partial charge in [0.05, 0.1) is 17.9 Å². The summed E-state index contributed by atoms with van der Waals surface area (Å²) in [5.41, 5.74) is 1.97. The zero-order chi connectivity index (χ0) is 19.2. The number of ether oxygens (including phenoxy) is 1. The molecule has 2 unspecified atom stereocenters. The van der Waals surface area contributed by atoms with Crippen molar-refractivity contribution in [3.05, 3.63) is 71.6 Å². The maximum absolute atomic E-state index is 12.5. The highest BCUT2D eigenvalue weighted by Crippen LogP contribution is 2.21. The second-order valence-electron chi connectivity index (χ2n) is 6.24. The van der Waals surface area contributed by atoms with Gasteiger partial charge < -0.3 is 15.0 Å². The Labute approximate surface area is 163 Å². The molecule has 0 bridgehead atoms. The average molecular weight is 384 g/mol. The number of nitrogens with zero attached hydrogens (tertiary/aromatic N) is 1. The number of imidazole rings is 1. The summed E-state index contributed by atoms with van der Waals surface area (Å²) in [6, 6.07) is 16.7. The Hall–Kier alpha value is -2.79. The average Bonchev–Trinajstić information content (AvgIpc) is 3.16. The van der Waals surface area contributed by atoms with Gasteiger partial charge in [-0.1, -0.05) is 54.9 Å². The van der Waals surface area contributed by atoms with Crippen LogP contribution in [0.2, 0.25) is 5.02 Å². The number of hydrogen-bond donors (Lipinski definition) is 2. The van der Waals surface area contributed by atoms with Gasteiger partial charge in [-0.05, 0) is 37.1 Å². The van der Waals surface area contributed by atoms with E-state index in [-0.39, 0.29) is 11.9 Å². The molecule has 27 heavy (non-hydrogen) atoms. The summed E-state index contributed by atoms with van der Waals surface area (Å²) in [5.74, 6) is 1.07. The van der Waals surface area contributed by atoms with Crippen LogP contribution in [-0.4, -0.2) is 22.0 Å². The molecule has 1 heterocycles. The molecule has 0 aliphatic rings. The molecule has 2 N–H and O–H groups in total. The molecule has 3 aromatic rings. The number of hydrogen-bond acceptors (Lipinski definition) is 3. The quantitative estimate of drug-likeness (QED) is 0.617. The number of amides is 1. The van der Waals surface area contributed by atoms with E-state index in [9.17, 15) is 4.79 Å². The van der Waals surface area contributed by atoms with E-state index in [1.165, 1.54) is 0 Å². The van der Waals surface area contributed by atoms with Gasteiger partial charge >= 0.3 is 0 Å². The SMILES string of the molecule is CCC(NC(=O)C(C)Oc1cccc(Cl)c1)c1ncc(-c2ccccc2)[nH]1. The smallest absolute Gasteiger partial charge is 0.261 e. The van der Waals surface area contributed by atoms with Crippen LogP contribution in [0.15, 0.2) is 60.8 Å². The van der Waals surface area contributed by atoms with E-state index in [0.29, 0.717) is 17.2 Å². The minimum atomic E-state index is -0.652. The Morgan fingerprint density at radius 1 is 1.22 bits per heavy atom. The fraction of sp³-hybridized carbons (Fsp3) is 0.238. The van der Waals surface area contributed by atoms with Crippen LogP contribution in [0.5, 0.6) is 5.75 Å². The molecule has 0 saturated heterocycles.